The highest BCUT2D eigenvalue weighted by Gasteiger charge is 2.11. The number of pyridine rings is 3. The van der Waals surface area contributed by atoms with Crippen LogP contribution in [0.2, 0.25) is 0 Å². The molecule has 0 aliphatic rings. The highest BCUT2D eigenvalue weighted by Crippen LogP contribution is 2.18. The molecule has 156 valence electrons. The number of aromatic nitrogens is 3. The third-order valence-corrected chi connectivity index (χ3v) is 5.18. The van der Waals surface area contributed by atoms with Crippen molar-refractivity contribution in [3.8, 4) is 0 Å². The molecule has 31 heavy (non-hydrogen) atoms. The van der Waals surface area contributed by atoms with Crippen molar-refractivity contribution in [2.75, 3.05) is 5.73 Å². The summed E-state index contributed by atoms with van der Waals surface area (Å²) in [5, 5.41) is 3.67. The van der Waals surface area contributed by atoms with Crippen molar-refractivity contribution in [3.05, 3.63) is 94.3 Å². The zero-order valence-electron chi connectivity index (χ0n) is 17.3. The molecule has 0 fully saturated rings. The molecule has 7 heteroatoms. The van der Waals surface area contributed by atoms with Crippen molar-refractivity contribution in [3.63, 3.8) is 0 Å². The van der Waals surface area contributed by atoms with Crippen molar-refractivity contribution in [1.82, 2.24) is 20.3 Å². The number of nitrogens with one attached hydrogen (secondary N) is 1. The predicted octanol–water partition coefficient (Wildman–Crippen LogP) is 3.88. The van der Waals surface area contributed by atoms with Crippen LogP contribution in [0.25, 0.3) is 10.9 Å². The molecule has 4 aromatic rings. The van der Waals surface area contributed by atoms with Gasteiger partial charge in [-0.15, -0.1) is 0 Å². The summed E-state index contributed by atoms with van der Waals surface area (Å²) in [6.07, 6.45) is 3.34. The molecule has 4 rings (SSSR count). The molecule has 0 bridgehead atoms. The summed E-state index contributed by atoms with van der Waals surface area (Å²) in [5.74, 6) is -0.0941. The van der Waals surface area contributed by atoms with Crippen molar-refractivity contribution in [2.45, 2.75) is 26.8 Å². The molecule has 0 spiro atoms. The van der Waals surface area contributed by atoms with Gasteiger partial charge in [0.25, 0.3) is 5.91 Å². The van der Waals surface area contributed by atoms with Crippen LogP contribution in [0.3, 0.4) is 0 Å². The topological polar surface area (TPSA) is 93.8 Å². The minimum atomic E-state index is -0.372. The second-order valence-electron chi connectivity index (χ2n) is 7.50. The number of hydrogen-bond donors (Lipinski definition) is 2. The molecule has 0 aliphatic carbocycles. The molecule has 0 saturated carbocycles. The van der Waals surface area contributed by atoms with Crippen molar-refractivity contribution >= 4 is 22.6 Å². The van der Waals surface area contributed by atoms with Gasteiger partial charge >= 0.3 is 0 Å². The second-order valence-corrected chi connectivity index (χ2v) is 7.50. The lowest BCUT2D eigenvalue weighted by Gasteiger charge is -2.12. The standard InChI is InChI=1S/C24H22FN5O/c1-14-7-23(26)30-15(2)21(14)13-29-24(31)17-5-6-27-20(11-17)9-16-3-4-22-18(8-16)10-19(25)12-28-22/h3-8,10-12H,9,13H2,1-2H3,(H2,26,30)(H,29,31). The van der Waals surface area contributed by atoms with Crippen LogP contribution in [0, 0.1) is 19.7 Å². The fourth-order valence-electron chi connectivity index (χ4n) is 3.62. The number of nitrogens with zero attached hydrogens (tertiary/aromatic N) is 3. The number of halogens is 1. The average Bonchev–Trinajstić information content (AvgIpc) is 2.72. The van der Waals surface area contributed by atoms with E-state index >= 15 is 0 Å². The molecule has 3 aromatic heterocycles. The van der Waals surface area contributed by atoms with E-state index in [0.717, 1.165) is 39.0 Å². The number of nitrogens with two attached hydrogens (primary N) is 1. The van der Waals surface area contributed by atoms with Gasteiger partial charge in [0, 0.05) is 41.5 Å². The van der Waals surface area contributed by atoms with Crippen LogP contribution in [-0.2, 0) is 13.0 Å². The SMILES string of the molecule is Cc1cc(N)nc(C)c1CNC(=O)c1ccnc(Cc2ccc3ncc(F)cc3c2)c1. The summed E-state index contributed by atoms with van der Waals surface area (Å²) in [6.45, 7) is 4.19. The quantitative estimate of drug-likeness (QED) is 0.516. The molecular formula is C24H22FN5O. The molecule has 0 atom stereocenters. The molecule has 0 radical (unpaired) electrons. The smallest absolute Gasteiger partial charge is 0.251 e. The van der Waals surface area contributed by atoms with E-state index in [1.807, 2.05) is 32.0 Å². The third-order valence-electron chi connectivity index (χ3n) is 5.18. The van der Waals surface area contributed by atoms with Gasteiger partial charge in [0.1, 0.15) is 11.6 Å². The number of nitrogen functional groups attached to an aromatic ring is 1. The fraction of sp³-hybridized carbons (Fsp3) is 0.167. The van der Waals surface area contributed by atoms with Gasteiger partial charge in [0.05, 0.1) is 11.7 Å². The van der Waals surface area contributed by atoms with E-state index in [4.69, 9.17) is 5.73 Å². The molecular weight excluding hydrogens is 393 g/mol. The van der Waals surface area contributed by atoms with E-state index in [2.05, 4.69) is 20.3 Å². The molecule has 3 N–H and O–H groups in total. The maximum Gasteiger partial charge on any atom is 0.251 e. The molecule has 0 saturated heterocycles. The van der Waals surface area contributed by atoms with Crippen molar-refractivity contribution in [1.29, 1.82) is 0 Å². The van der Waals surface area contributed by atoms with Gasteiger partial charge < -0.3 is 11.1 Å². The molecule has 0 unspecified atom stereocenters. The molecule has 1 amide bonds. The average molecular weight is 415 g/mol. The normalized spacial score (nSPS) is 10.9. The minimum Gasteiger partial charge on any atom is -0.384 e. The van der Waals surface area contributed by atoms with Gasteiger partial charge in [-0.1, -0.05) is 6.07 Å². The third kappa shape index (κ3) is 4.66. The number of anilines is 1. The zero-order chi connectivity index (χ0) is 22.0. The molecule has 6 nitrogen and oxygen atoms in total. The molecule has 0 aliphatic heterocycles. The van der Waals surface area contributed by atoms with E-state index in [0.29, 0.717) is 24.3 Å². The second kappa shape index (κ2) is 8.47. The summed E-state index contributed by atoms with van der Waals surface area (Å²) < 4.78 is 13.5. The monoisotopic (exact) mass is 415 g/mol. The Morgan fingerprint density at radius 2 is 1.94 bits per heavy atom. The number of fused-ring (bicyclic) bond motifs is 1. The number of carbonyl (C=O) groups is 1. The Labute approximate surface area is 179 Å². The number of benzene rings is 1. The number of hydrogen-bond acceptors (Lipinski definition) is 5. The first-order valence-electron chi connectivity index (χ1n) is 9.89. The largest absolute Gasteiger partial charge is 0.384 e. The first-order chi connectivity index (χ1) is 14.9. The lowest BCUT2D eigenvalue weighted by atomic mass is 10.0. The Morgan fingerprint density at radius 1 is 1.10 bits per heavy atom. The summed E-state index contributed by atoms with van der Waals surface area (Å²) in [6, 6.07) is 12.4. The van der Waals surface area contributed by atoms with Crippen LogP contribution in [0.4, 0.5) is 10.2 Å². The van der Waals surface area contributed by atoms with Crippen LogP contribution in [0.15, 0.2) is 54.9 Å². The summed E-state index contributed by atoms with van der Waals surface area (Å²) in [7, 11) is 0. The summed E-state index contributed by atoms with van der Waals surface area (Å²) >= 11 is 0. The Morgan fingerprint density at radius 3 is 2.74 bits per heavy atom. The first-order valence-corrected chi connectivity index (χ1v) is 9.89. The Bertz CT molecular complexity index is 1270. The summed E-state index contributed by atoms with van der Waals surface area (Å²) in [4.78, 5) is 25.4. The minimum absolute atomic E-state index is 0.191. The van der Waals surface area contributed by atoms with E-state index < -0.39 is 0 Å². The molecule has 3 heterocycles. The predicted molar refractivity (Wildman–Crippen MR) is 118 cm³/mol. The van der Waals surface area contributed by atoms with Crippen LogP contribution < -0.4 is 11.1 Å². The van der Waals surface area contributed by atoms with E-state index in [1.165, 1.54) is 12.3 Å². The van der Waals surface area contributed by atoms with Crippen LogP contribution >= 0.6 is 0 Å². The van der Waals surface area contributed by atoms with Crippen LogP contribution in [0.5, 0.6) is 0 Å². The van der Waals surface area contributed by atoms with Gasteiger partial charge in [-0.2, -0.15) is 0 Å². The van der Waals surface area contributed by atoms with E-state index in [-0.39, 0.29) is 11.7 Å². The van der Waals surface area contributed by atoms with Gasteiger partial charge in [0.15, 0.2) is 0 Å². The summed E-state index contributed by atoms with van der Waals surface area (Å²) in [5.41, 5.74) is 11.5. The highest BCUT2D eigenvalue weighted by atomic mass is 19.1. The highest BCUT2D eigenvalue weighted by molar-refractivity contribution is 5.94. The van der Waals surface area contributed by atoms with Gasteiger partial charge in [-0.05, 0) is 66.9 Å². The Hall–Kier alpha value is -3.87. The van der Waals surface area contributed by atoms with E-state index in [1.54, 1.807) is 24.4 Å². The first kappa shape index (κ1) is 20.4. The Balaban J connectivity index is 1.48. The maximum atomic E-state index is 13.5. The van der Waals surface area contributed by atoms with Crippen LogP contribution in [-0.4, -0.2) is 20.9 Å². The number of carbonyl (C=O) groups excluding carboxylic acids is 1. The Kier molecular flexibility index (Phi) is 5.58. The number of rotatable bonds is 5. The fourth-order valence-corrected chi connectivity index (χ4v) is 3.62. The van der Waals surface area contributed by atoms with Crippen molar-refractivity contribution in [2.24, 2.45) is 0 Å². The lowest BCUT2D eigenvalue weighted by molar-refractivity contribution is 0.0950. The van der Waals surface area contributed by atoms with Gasteiger partial charge in [-0.3, -0.25) is 14.8 Å². The van der Waals surface area contributed by atoms with Gasteiger partial charge in [0.2, 0.25) is 0 Å². The maximum absolute atomic E-state index is 13.5. The number of aryl methyl sites for hydroxylation is 2. The van der Waals surface area contributed by atoms with Crippen molar-refractivity contribution < 1.29 is 9.18 Å². The van der Waals surface area contributed by atoms with E-state index in [9.17, 15) is 9.18 Å². The number of amides is 1. The zero-order valence-corrected chi connectivity index (χ0v) is 17.3. The van der Waals surface area contributed by atoms with Crippen LogP contribution in [0.1, 0.15) is 38.4 Å². The molecule has 1 aromatic carbocycles. The lowest BCUT2D eigenvalue weighted by Crippen LogP contribution is -2.24. The van der Waals surface area contributed by atoms with Gasteiger partial charge in [-0.25, -0.2) is 9.37 Å².